The topological polar surface area (TPSA) is 57.6 Å². The standard InChI is InChI=1S/C13H23NO3/c1-5-12(2,3)10(15)14-8-6-7-13(4,9-14)11(16)17/h5-9H2,1-4H3,(H,16,17). The van der Waals surface area contributed by atoms with E-state index < -0.39 is 16.8 Å². The Hall–Kier alpha value is -1.06. The molecule has 0 spiro atoms. The van der Waals surface area contributed by atoms with Crippen LogP contribution >= 0.6 is 0 Å². The Labute approximate surface area is 103 Å². The molecule has 4 nitrogen and oxygen atoms in total. The van der Waals surface area contributed by atoms with Gasteiger partial charge in [-0.3, -0.25) is 9.59 Å². The molecular formula is C13H23NO3. The third-order valence-corrected chi connectivity index (χ3v) is 3.96. The predicted octanol–water partition coefficient (Wildman–Crippen LogP) is 2.14. The van der Waals surface area contributed by atoms with Crippen LogP contribution in [0.2, 0.25) is 0 Å². The van der Waals surface area contributed by atoms with Crippen LogP contribution in [0.3, 0.4) is 0 Å². The zero-order valence-corrected chi connectivity index (χ0v) is 11.2. The first-order valence-electron chi connectivity index (χ1n) is 6.26. The number of carboxylic acids is 1. The first-order valence-corrected chi connectivity index (χ1v) is 6.26. The minimum atomic E-state index is -0.802. The Balaban J connectivity index is 2.81. The van der Waals surface area contributed by atoms with Crippen LogP contribution in [-0.4, -0.2) is 35.0 Å². The van der Waals surface area contributed by atoms with Crippen molar-refractivity contribution in [2.45, 2.75) is 47.0 Å². The van der Waals surface area contributed by atoms with Gasteiger partial charge in [-0.15, -0.1) is 0 Å². The number of nitrogens with zero attached hydrogens (tertiary/aromatic N) is 1. The van der Waals surface area contributed by atoms with Crippen molar-refractivity contribution in [1.82, 2.24) is 4.90 Å². The third-order valence-electron chi connectivity index (χ3n) is 3.96. The van der Waals surface area contributed by atoms with Gasteiger partial charge in [-0.2, -0.15) is 0 Å². The fraction of sp³-hybridized carbons (Fsp3) is 0.846. The van der Waals surface area contributed by atoms with Crippen LogP contribution in [0.4, 0.5) is 0 Å². The highest BCUT2D eigenvalue weighted by molar-refractivity contribution is 5.83. The summed E-state index contributed by atoms with van der Waals surface area (Å²) >= 11 is 0. The molecule has 0 radical (unpaired) electrons. The van der Waals surface area contributed by atoms with Crippen molar-refractivity contribution in [3.63, 3.8) is 0 Å². The highest BCUT2D eigenvalue weighted by atomic mass is 16.4. The lowest BCUT2D eigenvalue weighted by atomic mass is 9.80. The number of rotatable bonds is 3. The summed E-state index contributed by atoms with van der Waals surface area (Å²) in [4.78, 5) is 25.2. The second-order valence-corrected chi connectivity index (χ2v) is 5.93. The molecule has 0 bridgehead atoms. The molecular weight excluding hydrogens is 218 g/mol. The lowest BCUT2D eigenvalue weighted by Crippen LogP contribution is -2.51. The lowest BCUT2D eigenvalue weighted by molar-refractivity contribution is -0.156. The van der Waals surface area contributed by atoms with E-state index in [2.05, 4.69) is 0 Å². The minimum Gasteiger partial charge on any atom is -0.481 e. The molecule has 1 amide bonds. The zero-order valence-electron chi connectivity index (χ0n) is 11.2. The summed E-state index contributed by atoms with van der Waals surface area (Å²) in [6.07, 6.45) is 2.19. The molecule has 1 heterocycles. The van der Waals surface area contributed by atoms with Gasteiger partial charge in [-0.25, -0.2) is 0 Å². The second-order valence-electron chi connectivity index (χ2n) is 5.93. The molecule has 1 atom stereocenters. The highest BCUT2D eigenvalue weighted by Crippen LogP contribution is 2.33. The van der Waals surface area contributed by atoms with Crippen molar-refractivity contribution < 1.29 is 14.7 Å². The summed E-state index contributed by atoms with van der Waals surface area (Å²) in [5.41, 5.74) is -1.17. The van der Waals surface area contributed by atoms with Crippen LogP contribution in [0.1, 0.15) is 47.0 Å². The van der Waals surface area contributed by atoms with Gasteiger partial charge in [-0.05, 0) is 26.2 Å². The first kappa shape index (κ1) is 14.0. The Bertz CT molecular complexity index is 325. The zero-order chi connectivity index (χ0) is 13.3. The van der Waals surface area contributed by atoms with E-state index in [4.69, 9.17) is 0 Å². The Kier molecular flexibility index (Phi) is 3.84. The Morgan fingerprint density at radius 1 is 1.41 bits per heavy atom. The van der Waals surface area contributed by atoms with Crippen LogP contribution in [0, 0.1) is 10.8 Å². The maximum absolute atomic E-state index is 12.3. The largest absolute Gasteiger partial charge is 0.481 e. The molecule has 1 aliphatic heterocycles. The van der Waals surface area contributed by atoms with Gasteiger partial charge >= 0.3 is 5.97 Å². The molecule has 1 rings (SSSR count). The number of hydrogen-bond donors (Lipinski definition) is 1. The van der Waals surface area contributed by atoms with Crippen LogP contribution in [0.15, 0.2) is 0 Å². The number of carbonyl (C=O) groups is 2. The number of hydrogen-bond acceptors (Lipinski definition) is 2. The number of aliphatic carboxylic acids is 1. The monoisotopic (exact) mass is 241 g/mol. The molecule has 4 heteroatoms. The second kappa shape index (κ2) is 4.67. The van der Waals surface area contributed by atoms with E-state index >= 15 is 0 Å². The number of carboxylic acid groups (broad SMARTS) is 1. The van der Waals surface area contributed by atoms with Gasteiger partial charge in [0, 0.05) is 18.5 Å². The van der Waals surface area contributed by atoms with Crippen LogP contribution in [0.5, 0.6) is 0 Å². The van der Waals surface area contributed by atoms with E-state index in [0.29, 0.717) is 19.5 Å². The maximum atomic E-state index is 12.3. The fourth-order valence-electron chi connectivity index (χ4n) is 2.17. The van der Waals surface area contributed by atoms with Gasteiger partial charge < -0.3 is 10.0 Å². The summed E-state index contributed by atoms with van der Waals surface area (Å²) in [6, 6.07) is 0. The van der Waals surface area contributed by atoms with Crippen molar-refractivity contribution in [3.8, 4) is 0 Å². The van der Waals surface area contributed by atoms with Crippen molar-refractivity contribution in [1.29, 1.82) is 0 Å². The number of carbonyl (C=O) groups excluding carboxylic acids is 1. The lowest BCUT2D eigenvalue weighted by Gasteiger charge is -2.40. The summed E-state index contributed by atoms with van der Waals surface area (Å²) in [5.74, 6) is -0.725. The molecule has 0 saturated carbocycles. The van der Waals surface area contributed by atoms with E-state index in [9.17, 15) is 14.7 Å². The number of likely N-dealkylation sites (tertiary alicyclic amines) is 1. The van der Waals surface area contributed by atoms with E-state index in [0.717, 1.165) is 12.8 Å². The van der Waals surface area contributed by atoms with Crippen molar-refractivity contribution in [2.75, 3.05) is 13.1 Å². The molecule has 0 aromatic carbocycles. The van der Waals surface area contributed by atoms with E-state index in [1.165, 1.54) is 0 Å². The summed E-state index contributed by atoms with van der Waals surface area (Å²) < 4.78 is 0. The molecule has 0 aromatic heterocycles. The van der Waals surface area contributed by atoms with E-state index in [-0.39, 0.29) is 5.91 Å². The molecule has 1 unspecified atom stereocenters. The van der Waals surface area contributed by atoms with Crippen LogP contribution in [-0.2, 0) is 9.59 Å². The molecule has 1 aliphatic rings. The molecule has 98 valence electrons. The van der Waals surface area contributed by atoms with Gasteiger partial charge in [0.15, 0.2) is 0 Å². The van der Waals surface area contributed by atoms with Crippen LogP contribution in [0.25, 0.3) is 0 Å². The van der Waals surface area contributed by atoms with Gasteiger partial charge in [0.05, 0.1) is 5.41 Å². The average molecular weight is 241 g/mol. The molecule has 0 aromatic rings. The maximum Gasteiger partial charge on any atom is 0.311 e. The minimum absolute atomic E-state index is 0.0761. The summed E-state index contributed by atoms with van der Waals surface area (Å²) in [7, 11) is 0. The van der Waals surface area contributed by atoms with Crippen molar-refractivity contribution in [2.24, 2.45) is 10.8 Å². The van der Waals surface area contributed by atoms with Crippen LogP contribution < -0.4 is 0 Å². The van der Waals surface area contributed by atoms with Gasteiger partial charge in [0.1, 0.15) is 0 Å². The average Bonchev–Trinajstić information content (AvgIpc) is 2.28. The summed E-state index contributed by atoms with van der Waals surface area (Å²) in [5, 5.41) is 9.22. The first-order chi connectivity index (χ1) is 7.73. The van der Waals surface area contributed by atoms with E-state index in [1.54, 1.807) is 11.8 Å². The normalized spacial score (nSPS) is 25.8. The number of amides is 1. The molecule has 1 N–H and O–H groups in total. The SMILES string of the molecule is CCC(C)(C)C(=O)N1CCCC(C)(C(=O)O)C1. The number of piperidine rings is 1. The third kappa shape index (κ3) is 2.79. The Morgan fingerprint density at radius 2 is 2.00 bits per heavy atom. The van der Waals surface area contributed by atoms with Gasteiger partial charge in [-0.1, -0.05) is 20.8 Å². The molecule has 0 aliphatic carbocycles. The van der Waals surface area contributed by atoms with Gasteiger partial charge in [0.25, 0.3) is 0 Å². The summed E-state index contributed by atoms with van der Waals surface area (Å²) in [6.45, 7) is 8.58. The predicted molar refractivity (Wildman–Crippen MR) is 65.6 cm³/mol. The molecule has 1 saturated heterocycles. The molecule has 1 fully saturated rings. The quantitative estimate of drug-likeness (QED) is 0.823. The van der Waals surface area contributed by atoms with Crippen molar-refractivity contribution >= 4 is 11.9 Å². The fourth-order valence-corrected chi connectivity index (χ4v) is 2.17. The van der Waals surface area contributed by atoms with Gasteiger partial charge in [0.2, 0.25) is 5.91 Å². The van der Waals surface area contributed by atoms with E-state index in [1.807, 2.05) is 20.8 Å². The smallest absolute Gasteiger partial charge is 0.311 e. The molecule has 17 heavy (non-hydrogen) atoms. The van der Waals surface area contributed by atoms with Crippen molar-refractivity contribution in [3.05, 3.63) is 0 Å². The highest BCUT2D eigenvalue weighted by Gasteiger charge is 2.41. The Morgan fingerprint density at radius 3 is 2.47 bits per heavy atom.